The summed E-state index contributed by atoms with van der Waals surface area (Å²) in [6, 6.07) is 17.2. The Balaban J connectivity index is 1.09. The van der Waals surface area contributed by atoms with Crippen LogP contribution in [0.25, 0.3) is 0 Å². The maximum Gasteiger partial charge on any atom is 0.418 e. The molecule has 2 atom stereocenters. The van der Waals surface area contributed by atoms with Gasteiger partial charge in [-0.2, -0.15) is 0 Å². The number of amides is 6. The molecule has 2 aliphatic rings. The average molecular weight is 832 g/mol. The van der Waals surface area contributed by atoms with Crippen molar-refractivity contribution in [2.24, 2.45) is 0 Å². The highest BCUT2D eigenvalue weighted by Gasteiger charge is 2.58. The number of nitrogens with zero attached hydrogens (tertiary/aromatic N) is 2. The maximum absolute atomic E-state index is 13.9. The molecule has 1 saturated heterocycles. The maximum atomic E-state index is 13.9. The summed E-state index contributed by atoms with van der Waals surface area (Å²) in [5.74, 6) is -2.37. The third-order valence-corrected chi connectivity index (χ3v) is 10.1. The number of carbonyl (C=O) groups is 6. The van der Waals surface area contributed by atoms with Gasteiger partial charge in [-0.15, -0.1) is 0 Å². The molecule has 1 fully saturated rings. The van der Waals surface area contributed by atoms with E-state index in [1.807, 2.05) is 19.1 Å². The number of anilines is 2. The molecule has 0 radical (unpaired) electrons. The molecule has 16 heteroatoms. The molecule has 0 saturated carbocycles. The van der Waals surface area contributed by atoms with Gasteiger partial charge in [0.15, 0.2) is 0 Å². The Labute approximate surface area is 349 Å². The summed E-state index contributed by atoms with van der Waals surface area (Å²) in [5.41, 5.74) is 2.33. The quantitative estimate of drug-likeness (QED) is 0.112. The number of imide groups is 1. The lowest BCUT2D eigenvalue weighted by Gasteiger charge is -2.31. The van der Waals surface area contributed by atoms with Crippen molar-refractivity contribution in [3.8, 4) is 0 Å². The number of aryl methyl sites for hydroxylation is 2. The van der Waals surface area contributed by atoms with Gasteiger partial charge >= 0.3 is 6.09 Å². The first kappa shape index (κ1) is 45.4. The van der Waals surface area contributed by atoms with Crippen molar-refractivity contribution in [3.05, 3.63) is 94.8 Å². The number of carbonyl (C=O) groups excluding carboxylic acids is 6. The van der Waals surface area contributed by atoms with Gasteiger partial charge in [-0.25, -0.2) is 14.1 Å². The van der Waals surface area contributed by atoms with Crippen molar-refractivity contribution in [1.29, 1.82) is 0 Å². The minimum absolute atomic E-state index is 0.0213. The van der Waals surface area contributed by atoms with Crippen LogP contribution in [0, 0.1) is 5.82 Å². The smallest absolute Gasteiger partial charge is 0.418 e. The molecule has 3 aromatic carbocycles. The van der Waals surface area contributed by atoms with Gasteiger partial charge in [0.25, 0.3) is 5.91 Å². The predicted octanol–water partition coefficient (Wildman–Crippen LogP) is 4.86. The van der Waals surface area contributed by atoms with Crippen LogP contribution >= 0.6 is 0 Å². The summed E-state index contributed by atoms with van der Waals surface area (Å²) < 4.78 is 35.7. The molecule has 1 heterocycles. The molecular weight excluding hydrogens is 778 g/mol. The zero-order valence-corrected chi connectivity index (χ0v) is 34.4. The second kappa shape index (κ2) is 22.1. The first-order valence-electron chi connectivity index (χ1n) is 20.3. The minimum Gasteiger partial charge on any atom is -0.427 e. The van der Waals surface area contributed by atoms with Crippen molar-refractivity contribution < 1.29 is 52.1 Å². The third kappa shape index (κ3) is 12.6. The molecular formula is C44H54FN5O10. The van der Waals surface area contributed by atoms with Crippen LogP contribution in [-0.2, 0) is 67.9 Å². The monoisotopic (exact) mass is 831 g/mol. The van der Waals surface area contributed by atoms with Gasteiger partial charge < -0.3 is 39.8 Å². The number of benzene rings is 3. The Morgan fingerprint density at radius 3 is 2.17 bits per heavy atom. The van der Waals surface area contributed by atoms with E-state index in [1.54, 1.807) is 37.3 Å². The Morgan fingerprint density at radius 2 is 1.48 bits per heavy atom. The fourth-order valence-corrected chi connectivity index (χ4v) is 6.98. The van der Waals surface area contributed by atoms with E-state index in [-0.39, 0.29) is 56.7 Å². The summed E-state index contributed by atoms with van der Waals surface area (Å²) in [4.78, 5) is 80.1. The van der Waals surface area contributed by atoms with E-state index in [0.717, 1.165) is 22.4 Å². The second-order valence-electron chi connectivity index (χ2n) is 14.8. The number of ether oxygens (including phenoxy) is 4. The summed E-state index contributed by atoms with van der Waals surface area (Å²) >= 11 is 0. The third-order valence-electron chi connectivity index (χ3n) is 10.1. The van der Waals surface area contributed by atoms with Crippen molar-refractivity contribution in [1.82, 2.24) is 15.1 Å². The predicted molar refractivity (Wildman–Crippen MR) is 219 cm³/mol. The van der Waals surface area contributed by atoms with Crippen molar-refractivity contribution in [2.45, 2.75) is 77.5 Å². The molecule has 322 valence electrons. The van der Waals surface area contributed by atoms with Gasteiger partial charge in [-0.05, 0) is 79.3 Å². The molecule has 0 aromatic heterocycles. The Hall–Kier alpha value is -5.71. The summed E-state index contributed by atoms with van der Waals surface area (Å²) in [6.07, 6.45) is 1.39. The van der Waals surface area contributed by atoms with Crippen LogP contribution in [0.15, 0.2) is 66.7 Å². The number of hydrogen-bond acceptors (Lipinski definition) is 10. The van der Waals surface area contributed by atoms with Crippen LogP contribution in [0.2, 0.25) is 0 Å². The van der Waals surface area contributed by atoms with Crippen molar-refractivity contribution in [2.75, 3.05) is 63.4 Å². The fourth-order valence-electron chi connectivity index (χ4n) is 6.98. The first-order chi connectivity index (χ1) is 28.9. The Bertz CT molecular complexity index is 1980. The average Bonchev–Trinajstić information content (AvgIpc) is 3.70. The standard InChI is InChI=1S/C44H54FN5O10/c1-4-20-57-22-24-59-25-23-58-21-18-40(53)48-36-12-7-32(8-13-36)9-16-39(52)46-27-30(2)49(28-33-5-10-35(45)11-6-33)41(54)29-50-42(55)44(60-43(50)56)19-17-34-26-37(47-31(3)51)14-15-38(34)44/h5-8,10-15,26,30H,4,9,16-25,27-29H2,1-3H3,(H,46,52)(H,47,51)(H,48,53)/t30-,44+/m0/s1. The number of nitrogens with one attached hydrogen (secondary N) is 3. The number of rotatable bonds is 23. The molecule has 5 rings (SSSR count). The van der Waals surface area contributed by atoms with Gasteiger partial charge in [0.05, 0.1) is 39.5 Å². The summed E-state index contributed by atoms with van der Waals surface area (Å²) in [5, 5.41) is 8.41. The van der Waals surface area contributed by atoms with E-state index in [9.17, 15) is 33.2 Å². The molecule has 1 aliphatic carbocycles. The highest BCUT2D eigenvalue weighted by atomic mass is 19.1. The lowest BCUT2D eigenvalue weighted by Crippen LogP contribution is -2.50. The molecule has 3 aromatic rings. The van der Waals surface area contributed by atoms with Gasteiger partial charge in [0.1, 0.15) is 12.4 Å². The van der Waals surface area contributed by atoms with Crippen LogP contribution in [0.4, 0.5) is 20.6 Å². The lowest BCUT2D eigenvalue weighted by atomic mass is 9.94. The second-order valence-corrected chi connectivity index (χ2v) is 14.8. The number of fused-ring (bicyclic) bond motifs is 2. The van der Waals surface area contributed by atoms with Gasteiger partial charge in [0, 0.05) is 62.4 Å². The molecule has 6 amide bonds. The minimum atomic E-state index is -1.58. The van der Waals surface area contributed by atoms with E-state index in [2.05, 4.69) is 16.0 Å². The fraction of sp³-hybridized carbons (Fsp3) is 0.455. The highest BCUT2D eigenvalue weighted by Crippen LogP contribution is 2.46. The molecule has 60 heavy (non-hydrogen) atoms. The van der Waals surface area contributed by atoms with E-state index in [1.165, 1.54) is 36.1 Å². The Morgan fingerprint density at radius 1 is 0.833 bits per heavy atom. The summed E-state index contributed by atoms with van der Waals surface area (Å²) in [6.45, 7) is 7.47. The Kier molecular flexibility index (Phi) is 16.7. The molecule has 3 N–H and O–H groups in total. The molecule has 15 nitrogen and oxygen atoms in total. The molecule has 0 bridgehead atoms. The number of halogens is 1. The van der Waals surface area contributed by atoms with Crippen LogP contribution in [-0.4, -0.2) is 104 Å². The van der Waals surface area contributed by atoms with E-state index in [0.29, 0.717) is 68.4 Å². The van der Waals surface area contributed by atoms with E-state index in [4.69, 9.17) is 18.9 Å². The van der Waals surface area contributed by atoms with Gasteiger partial charge in [-0.1, -0.05) is 37.3 Å². The van der Waals surface area contributed by atoms with E-state index >= 15 is 0 Å². The first-order valence-corrected chi connectivity index (χ1v) is 20.3. The van der Waals surface area contributed by atoms with Crippen LogP contribution in [0.5, 0.6) is 0 Å². The highest BCUT2D eigenvalue weighted by molar-refractivity contribution is 6.06. The number of hydrogen-bond donors (Lipinski definition) is 3. The van der Waals surface area contributed by atoms with Crippen molar-refractivity contribution in [3.63, 3.8) is 0 Å². The zero-order chi connectivity index (χ0) is 43.1. The van der Waals surface area contributed by atoms with Gasteiger partial charge in [0.2, 0.25) is 29.2 Å². The van der Waals surface area contributed by atoms with E-state index < -0.39 is 41.9 Å². The van der Waals surface area contributed by atoms with Gasteiger partial charge in [-0.3, -0.25) is 24.0 Å². The zero-order valence-electron chi connectivity index (χ0n) is 34.4. The van der Waals surface area contributed by atoms with Crippen molar-refractivity contribution >= 4 is 47.0 Å². The molecule has 1 spiro atoms. The molecule has 1 aliphatic heterocycles. The van der Waals surface area contributed by atoms with Crippen LogP contribution in [0.3, 0.4) is 0 Å². The largest absolute Gasteiger partial charge is 0.427 e. The van der Waals surface area contributed by atoms with Crippen LogP contribution < -0.4 is 16.0 Å². The normalized spacial score (nSPS) is 16.0. The SMILES string of the molecule is CCCOCCOCCOCCC(=O)Nc1ccc(CCC(=O)NC[C@H](C)N(Cc2ccc(F)cc2)C(=O)CN2C(=O)O[C@@]3(CCc4cc(NC(C)=O)ccc43)C2=O)cc1. The summed E-state index contributed by atoms with van der Waals surface area (Å²) in [7, 11) is 0. The lowest BCUT2D eigenvalue weighted by molar-refractivity contribution is -0.143. The molecule has 0 unspecified atom stereocenters. The van der Waals surface area contributed by atoms with Crippen LogP contribution in [0.1, 0.15) is 68.7 Å². The topological polar surface area (TPSA) is 182 Å².